The Morgan fingerprint density at radius 2 is 0.824 bits per heavy atom. The molecule has 2 heterocycles. The van der Waals surface area contributed by atoms with Gasteiger partial charge >= 0.3 is 0 Å². The summed E-state index contributed by atoms with van der Waals surface area (Å²) in [4.78, 5) is 56.5. The minimum absolute atomic E-state index is 0.129. The average molecular weight is 450 g/mol. The molecule has 0 aromatic heterocycles. The number of allylic oxidation sites excluding steroid dienone is 4. The van der Waals surface area contributed by atoms with Crippen molar-refractivity contribution in [2.75, 3.05) is 9.80 Å². The van der Waals surface area contributed by atoms with E-state index in [2.05, 4.69) is 24.3 Å². The number of amides is 4. The molecular formula is C28H22N2O4. The van der Waals surface area contributed by atoms with E-state index >= 15 is 0 Å². The SMILES string of the molecule is O=C1[C@@H]2[C@H](C(=O)N1c1cccc3c(N4C(=O)[C@@H]5[C@H](C4=O)[C@H]4C=C[C@H]5C4)cccc13)[C@@H]1C=C[C@H]2C1. The molecule has 0 N–H and O–H groups in total. The van der Waals surface area contributed by atoms with Crippen LogP contribution in [-0.4, -0.2) is 23.6 Å². The molecule has 2 aliphatic heterocycles. The second-order valence-electron chi connectivity index (χ2n) is 10.7. The van der Waals surface area contributed by atoms with Crippen molar-refractivity contribution in [1.29, 1.82) is 0 Å². The second-order valence-corrected chi connectivity index (χ2v) is 10.7. The first kappa shape index (κ1) is 18.8. The fourth-order valence-corrected chi connectivity index (χ4v) is 7.95. The average Bonchev–Trinajstić information content (AvgIpc) is 3.67. The van der Waals surface area contributed by atoms with Crippen LogP contribution in [0.1, 0.15) is 12.8 Å². The van der Waals surface area contributed by atoms with Gasteiger partial charge in [-0.3, -0.25) is 19.2 Å². The molecule has 4 bridgehead atoms. The Morgan fingerprint density at radius 1 is 0.500 bits per heavy atom. The number of hydrogen-bond donors (Lipinski definition) is 0. The summed E-state index contributed by atoms with van der Waals surface area (Å²) in [6.45, 7) is 0. The van der Waals surface area contributed by atoms with E-state index in [1.165, 1.54) is 9.80 Å². The van der Waals surface area contributed by atoms with Crippen molar-refractivity contribution in [3.63, 3.8) is 0 Å². The monoisotopic (exact) mass is 450 g/mol. The number of carbonyl (C=O) groups excluding carboxylic acids is 4. The molecule has 2 aromatic carbocycles. The van der Waals surface area contributed by atoms with Gasteiger partial charge in [-0.15, -0.1) is 0 Å². The fourth-order valence-electron chi connectivity index (χ4n) is 7.95. The van der Waals surface area contributed by atoms with Gasteiger partial charge in [-0.2, -0.15) is 0 Å². The zero-order valence-corrected chi connectivity index (χ0v) is 18.3. The van der Waals surface area contributed by atoms with E-state index in [4.69, 9.17) is 0 Å². The van der Waals surface area contributed by atoms with Crippen molar-refractivity contribution in [3.05, 3.63) is 60.7 Å². The molecule has 8 rings (SSSR count). The lowest BCUT2D eigenvalue weighted by Crippen LogP contribution is -2.34. The molecule has 2 saturated carbocycles. The summed E-state index contributed by atoms with van der Waals surface area (Å²) in [6.07, 6.45) is 10.1. The molecule has 4 amide bonds. The maximum atomic E-state index is 13.4. The van der Waals surface area contributed by atoms with Gasteiger partial charge in [-0.1, -0.05) is 48.6 Å². The van der Waals surface area contributed by atoms with E-state index in [9.17, 15) is 19.2 Å². The summed E-state index contributed by atoms with van der Waals surface area (Å²) < 4.78 is 0. The van der Waals surface area contributed by atoms with Crippen LogP contribution in [0, 0.1) is 47.3 Å². The van der Waals surface area contributed by atoms with E-state index in [0.717, 1.165) is 12.8 Å². The van der Waals surface area contributed by atoms with Crippen molar-refractivity contribution in [1.82, 2.24) is 0 Å². The van der Waals surface area contributed by atoms with E-state index in [-0.39, 0.29) is 71.0 Å². The van der Waals surface area contributed by atoms with Crippen molar-refractivity contribution < 1.29 is 19.2 Å². The van der Waals surface area contributed by atoms with E-state index in [1.807, 2.05) is 12.1 Å². The minimum Gasteiger partial charge on any atom is -0.274 e. The Hall–Kier alpha value is -3.54. The van der Waals surface area contributed by atoms with Crippen LogP contribution in [0.15, 0.2) is 60.7 Å². The fraction of sp³-hybridized carbons (Fsp3) is 0.357. The highest BCUT2D eigenvalue weighted by molar-refractivity contribution is 6.29. The third-order valence-corrected chi connectivity index (χ3v) is 9.30. The summed E-state index contributed by atoms with van der Waals surface area (Å²) in [5.74, 6) is -1.04. The number of fused-ring (bicyclic) bond motifs is 11. The summed E-state index contributed by atoms with van der Waals surface area (Å²) >= 11 is 0. The van der Waals surface area contributed by atoms with E-state index < -0.39 is 0 Å². The van der Waals surface area contributed by atoms with Crippen LogP contribution in [0.5, 0.6) is 0 Å². The molecule has 4 fully saturated rings. The molecule has 34 heavy (non-hydrogen) atoms. The second kappa shape index (κ2) is 6.12. The van der Waals surface area contributed by atoms with Crippen LogP contribution >= 0.6 is 0 Å². The quantitative estimate of drug-likeness (QED) is 0.519. The highest BCUT2D eigenvalue weighted by atomic mass is 16.2. The molecule has 0 spiro atoms. The van der Waals surface area contributed by atoms with Gasteiger partial charge in [-0.25, -0.2) is 9.80 Å². The summed E-state index contributed by atoms with van der Waals surface area (Å²) in [5, 5.41) is 1.42. The lowest BCUT2D eigenvalue weighted by Gasteiger charge is -2.22. The number of carbonyl (C=O) groups is 4. The van der Waals surface area contributed by atoms with Crippen LogP contribution in [0.3, 0.4) is 0 Å². The number of nitrogens with zero attached hydrogens (tertiary/aromatic N) is 2. The van der Waals surface area contributed by atoms with Crippen LogP contribution < -0.4 is 9.80 Å². The van der Waals surface area contributed by atoms with Gasteiger partial charge in [0.15, 0.2) is 0 Å². The maximum absolute atomic E-state index is 13.4. The zero-order chi connectivity index (χ0) is 22.9. The third-order valence-electron chi connectivity index (χ3n) is 9.30. The van der Waals surface area contributed by atoms with Gasteiger partial charge < -0.3 is 0 Å². The summed E-state index contributed by atoms with van der Waals surface area (Å²) in [7, 11) is 0. The van der Waals surface area contributed by atoms with Crippen LogP contribution in [0.2, 0.25) is 0 Å². The lowest BCUT2D eigenvalue weighted by molar-refractivity contribution is -0.124. The van der Waals surface area contributed by atoms with Gasteiger partial charge in [-0.05, 0) is 48.6 Å². The Kier molecular flexibility index (Phi) is 3.39. The first-order valence-corrected chi connectivity index (χ1v) is 12.2. The number of hydrogen-bond acceptors (Lipinski definition) is 4. The largest absolute Gasteiger partial charge is 0.274 e. The molecule has 8 atom stereocenters. The molecule has 6 aliphatic rings. The molecule has 4 aliphatic carbocycles. The maximum Gasteiger partial charge on any atom is 0.238 e. The van der Waals surface area contributed by atoms with E-state index in [1.54, 1.807) is 24.3 Å². The highest BCUT2D eigenvalue weighted by Crippen LogP contribution is 2.55. The first-order chi connectivity index (χ1) is 16.5. The smallest absolute Gasteiger partial charge is 0.238 e. The highest BCUT2D eigenvalue weighted by Gasteiger charge is 2.61. The van der Waals surface area contributed by atoms with Gasteiger partial charge in [0, 0.05) is 10.8 Å². The number of benzene rings is 2. The molecular weight excluding hydrogens is 428 g/mol. The van der Waals surface area contributed by atoms with Gasteiger partial charge in [0.25, 0.3) is 0 Å². The minimum atomic E-state index is -0.273. The van der Waals surface area contributed by atoms with Crippen molar-refractivity contribution in [2.24, 2.45) is 47.3 Å². The summed E-state index contributed by atoms with van der Waals surface area (Å²) in [5.41, 5.74) is 1.09. The van der Waals surface area contributed by atoms with Crippen molar-refractivity contribution >= 4 is 45.8 Å². The van der Waals surface area contributed by atoms with Gasteiger partial charge in [0.2, 0.25) is 23.6 Å². The molecule has 2 aromatic rings. The first-order valence-electron chi connectivity index (χ1n) is 12.2. The normalized spacial score (nSPS) is 38.8. The van der Waals surface area contributed by atoms with Crippen LogP contribution in [-0.2, 0) is 19.2 Å². The Labute approximate surface area is 195 Å². The number of anilines is 2. The van der Waals surface area contributed by atoms with Crippen LogP contribution in [0.25, 0.3) is 10.8 Å². The molecule has 2 saturated heterocycles. The number of imide groups is 2. The lowest BCUT2D eigenvalue weighted by atomic mass is 9.85. The van der Waals surface area contributed by atoms with Gasteiger partial charge in [0.1, 0.15) is 0 Å². The van der Waals surface area contributed by atoms with Crippen molar-refractivity contribution in [2.45, 2.75) is 12.8 Å². The molecule has 0 unspecified atom stereocenters. The van der Waals surface area contributed by atoms with Crippen molar-refractivity contribution in [3.8, 4) is 0 Å². The predicted molar refractivity (Wildman–Crippen MR) is 124 cm³/mol. The molecule has 6 heteroatoms. The van der Waals surface area contributed by atoms with Gasteiger partial charge in [0.05, 0.1) is 35.0 Å². The van der Waals surface area contributed by atoms with E-state index in [0.29, 0.717) is 22.1 Å². The third kappa shape index (κ3) is 2.04. The predicted octanol–water partition coefficient (Wildman–Crippen LogP) is 3.46. The summed E-state index contributed by atoms with van der Waals surface area (Å²) in [6, 6.07) is 10.9. The Balaban J connectivity index is 1.24. The topological polar surface area (TPSA) is 74.8 Å². The number of rotatable bonds is 2. The molecule has 6 nitrogen and oxygen atoms in total. The molecule has 168 valence electrons. The van der Waals surface area contributed by atoms with Crippen LogP contribution in [0.4, 0.5) is 11.4 Å². The standard InChI is InChI=1S/C28H22N2O4/c31-25-21-13-7-8-14(11-13)22(21)26(32)29(25)19-5-1-3-17-18(19)4-2-6-20(17)30-27(33)23-15-9-10-16(12-15)24(23)28(30)34/h1-10,13-16,21-24H,11-12H2/t13-,14-,15-,16+,21-,22+,23-,24+/m0/s1. The Morgan fingerprint density at radius 3 is 1.15 bits per heavy atom. The molecule has 0 radical (unpaired) electrons. The Bertz CT molecular complexity index is 1260. The zero-order valence-electron chi connectivity index (χ0n) is 18.3.